The van der Waals surface area contributed by atoms with Crippen LogP contribution in [0.1, 0.15) is 38.8 Å². The van der Waals surface area contributed by atoms with Crippen molar-refractivity contribution in [2.75, 3.05) is 39.6 Å². The predicted molar refractivity (Wildman–Crippen MR) is 137 cm³/mol. The van der Waals surface area contributed by atoms with Crippen LogP contribution in [0.3, 0.4) is 0 Å². The molecule has 0 aliphatic carbocycles. The molecule has 0 bridgehead atoms. The molecule has 2 aromatic carbocycles. The van der Waals surface area contributed by atoms with E-state index in [9.17, 15) is 0 Å². The van der Waals surface area contributed by atoms with Gasteiger partial charge in [-0.15, -0.1) is 0 Å². The summed E-state index contributed by atoms with van der Waals surface area (Å²) < 4.78 is 22.4. The highest BCUT2D eigenvalue weighted by Crippen LogP contribution is 2.38. The minimum Gasteiger partial charge on any atom is -0.490 e. The number of halogens is 2. The lowest BCUT2D eigenvalue weighted by molar-refractivity contribution is 0.117. The molecule has 180 valence electrons. The van der Waals surface area contributed by atoms with Crippen molar-refractivity contribution in [2.45, 2.75) is 33.1 Å². The van der Waals surface area contributed by atoms with Gasteiger partial charge in [0.15, 0.2) is 0 Å². The van der Waals surface area contributed by atoms with Crippen LogP contribution in [-0.4, -0.2) is 39.6 Å². The lowest BCUT2D eigenvalue weighted by Crippen LogP contribution is -2.19. The third-order valence-electron chi connectivity index (χ3n) is 4.97. The quantitative estimate of drug-likeness (QED) is 0.205. The normalized spacial score (nSPS) is 11.3. The van der Waals surface area contributed by atoms with E-state index in [4.69, 9.17) is 42.1 Å². The first kappa shape index (κ1) is 27.3. The molecule has 0 aliphatic heterocycles. The summed E-state index contributed by atoms with van der Waals surface area (Å²) in [6, 6.07) is 11.7. The molecule has 0 aromatic heterocycles. The molecule has 0 aliphatic rings. The Labute approximate surface area is 208 Å². The fourth-order valence-electron chi connectivity index (χ4n) is 3.09. The van der Waals surface area contributed by atoms with Crippen LogP contribution in [0.5, 0.6) is 11.5 Å². The van der Waals surface area contributed by atoms with E-state index in [1.165, 1.54) is 0 Å². The van der Waals surface area contributed by atoms with E-state index < -0.39 is 0 Å². The first-order valence-corrected chi connectivity index (χ1v) is 11.7. The smallest absolute Gasteiger partial charge is 0.138 e. The van der Waals surface area contributed by atoms with E-state index in [1.807, 2.05) is 50.2 Å². The number of rotatable bonds is 14. The molecule has 0 unspecified atom stereocenters. The molecular formula is C27H34Cl2O4. The molecule has 0 radical (unpaired) electrons. The number of hydrogen-bond acceptors (Lipinski definition) is 4. The Balaban J connectivity index is 2.00. The highest BCUT2D eigenvalue weighted by molar-refractivity contribution is 6.32. The van der Waals surface area contributed by atoms with Gasteiger partial charge in [0.2, 0.25) is 0 Å². The second kappa shape index (κ2) is 13.0. The number of hydrogen-bond donors (Lipinski definition) is 0. The van der Waals surface area contributed by atoms with Crippen LogP contribution >= 0.6 is 23.2 Å². The van der Waals surface area contributed by atoms with Crippen molar-refractivity contribution in [2.24, 2.45) is 0 Å². The maximum atomic E-state index is 6.50. The Morgan fingerprint density at radius 2 is 1.12 bits per heavy atom. The number of ether oxygens (including phenoxy) is 4. The summed E-state index contributed by atoms with van der Waals surface area (Å²) in [5, 5.41) is 1.11. The summed E-state index contributed by atoms with van der Waals surface area (Å²) in [6.45, 7) is 18.6. The molecule has 2 rings (SSSR count). The van der Waals surface area contributed by atoms with Crippen molar-refractivity contribution in [1.29, 1.82) is 0 Å². The van der Waals surface area contributed by atoms with E-state index in [0.29, 0.717) is 61.2 Å². The highest BCUT2D eigenvalue weighted by Gasteiger charge is 2.25. The van der Waals surface area contributed by atoms with Crippen LogP contribution < -0.4 is 9.47 Å². The van der Waals surface area contributed by atoms with Crippen LogP contribution in [-0.2, 0) is 14.9 Å². The Bertz CT molecular complexity index is 878. The van der Waals surface area contributed by atoms with Crippen LogP contribution in [0.2, 0.25) is 10.0 Å². The zero-order valence-corrected chi connectivity index (χ0v) is 21.5. The molecule has 0 saturated heterocycles. The van der Waals surface area contributed by atoms with Gasteiger partial charge in [-0.1, -0.05) is 73.5 Å². The largest absolute Gasteiger partial charge is 0.490 e. The summed E-state index contributed by atoms with van der Waals surface area (Å²) in [5.41, 5.74) is 3.74. The van der Waals surface area contributed by atoms with Gasteiger partial charge in [-0.25, -0.2) is 0 Å². The van der Waals surface area contributed by atoms with Gasteiger partial charge >= 0.3 is 0 Å². The molecule has 0 N–H and O–H groups in total. The Kier molecular flexibility index (Phi) is 10.8. The third-order valence-corrected chi connectivity index (χ3v) is 5.57. The summed E-state index contributed by atoms with van der Waals surface area (Å²) in [5.74, 6) is 1.26. The average molecular weight is 493 g/mol. The topological polar surface area (TPSA) is 36.9 Å². The fourth-order valence-corrected chi connectivity index (χ4v) is 3.56. The SMILES string of the molecule is C=C(C)COCCOc1ccc(C(C)(C)c2ccc(OCCOCC(=C)C)c(Cl)c2)cc1Cl. The van der Waals surface area contributed by atoms with Crippen LogP contribution in [0.15, 0.2) is 60.7 Å². The van der Waals surface area contributed by atoms with Gasteiger partial charge in [-0.05, 0) is 49.2 Å². The van der Waals surface area contributed by atoms with Crippen LogP contribution in [0.25, 0.3) is 0 Å². The molecule has 0 saturated carbocycles. The molecule has 4 nitrogen and oxygen atoms in total. The first-order valence-electron chi connectivity index (χ1n) is 10.9. The zero-order chi connectivity index (χ0) is 24.4. The molecule has 0 heterocycles. The molecule has 6 heteroatoms. The van der Waals surface area contributed by atoms with E-state index in [1.54, 1.807) is 0 Å². The summed E-state index contributed by atoms with van der Waals surface area (Å²) in [6.07, 6.45) is 0. The summed E-state index contributed by atoms with van der Waals surface area (Å²) >= 11 is 13.0. The van der Waals surface area contributed by atoms with E-state index in [-0.39, 0.29) is 5.41 Å². The zero-order valence-electron chi connectivity index (χ0n) is 20.0. The number of benzene rings is 2. The van der Waals surface area contributed by atoms with E-state index >= 15 is 0 Å². The maximum absolute atomic E-state index is 6.50. The van der Waals surface area contributed by atoms with E-state index in [0.717, 1.165) is 22.3 Å². The monoisotopic (exact) mass is 492 g/mol. The predicted octanol–water partition coefficient (Wildman–Crippen LogP) is 7.26. The van der Waals surface area contributed by atoms with Crippen molar-refractivity contribution in [3.05, 3.63) is 81.9 Å². The second-order valence-electron chi connectivity index (χ2n) is 8.63. The van der Waals surface area contributed by atoms with Gasteiger partial charge in [0.1, 0.15) is 24.7 Å². The van der Waals surface area contributed by atoms with Crippen molar-refractivity contribution >= 4 is 23.2 Å². The molecular weight excluding hydrogens is 459 g/mol. The molecule has 0 atom stereocenters. The van der Waals surface area contributed by atoms with Crippen molar-refractivity contribution in [3.8, 4) is 11.5 Å². The highest BCUT2D eigenvalue weighted by atomic mass is 35.5. The molecule has 0 fully saturated rings. The maximum Gasteiger partial charge on any atom is 0.138 e. The lowest BCUT2D eigenvalue weighted by atomic mass is 9.78. The molecule has 2 aromatic rings. The average Bonchev–Trinajstić information content (AvgIpc) is 2.74. The van der Waals surface area contributed by atoms with Crippen molar-refractivity contribution in [1.82, 2.24) is 0 Å². The van der Waals surface area contributed by atoms with Gasteiger partial charge in [0, 0.05) is 5.41 Å². The van der Waals surface area contributed by atoms with Gasteiger partial charge < -0.3 is 18.9 Å². The second-order valence-corrected chi connectivity index (χ2v) is 9.45. The van der Waals surface area contributed by atoms with Gasteiger partial charge in [-0.3, -0.25) is 0 Å². The third kappa shape index (κ3) is 8.71. The van der Waals surface area contributed by atoms with E-state index in [2.05, 4.69) is 27.0 Å². The molecule has 33 heavy (non-hydrogen) atoms. The summed E-state index contributed by atoms with van der Waals surface area (Å²) in [7, 11) is 0. The summed E-state index contributed by atoms with van der Waals surface area (Å²) in [4.78, 5) is 0. The Morgan fingerprint density at radius 1 is 0.727 bits per heavy atom. The molecule has 0 spiro atoms. The Morgan fingerprint density at radius 3 is 1.45 bits per heavy atom. The van der Waals surface area contributed by atoms with Crippen molar-refractivity contribution in [3.63, 3.8) is 0 Å². The van der Waals surface area contributed by atoms with Gasteiger partial charge in [-0.2, -0.15) is 0 Å². The lowest BCUT2D eigenvalue weighted by Gasteiger charge is -2.27. The van der Waals surface area contributed by atoms with Gasteiger partial charge in [0.25, 0.3) is 0 Å². The van der Waals surface area contributed by atoms with Gasteiger partial charge in [0.05, 0.1) is 36.5 Å². The minimum atomic E-state index is -0.320. The van der Waals surface area contributed by atoms with Crippen LogP contribution in [0, 0.1) is 0 Å². The fraction of sp³-hybridized carbons (Fsp3) is 0.407. The molecule has 0 amide bonds. The first-order chi connectivity index (χ1) is 15.6. The van der Waals surface area contributed by atoms with Crippen molar-refractivity contribution < 1.29 is 18.9 Å². The Hall–Kier alpha value is -1.98. The standard InChI is InChI=1S/C27H34Cl2O4/c1-19(2)17-30-11-13-32-25-9-7-21(15-23(25)28)27(5,6)22-8-10-26(24(29)16-22)33-14-12-31-18-20(3)4/h7-10,15-16H,1,3,11-14,17-18H2,2,4-6H3. The minimum absolute atomic E-state index is 0.320. The van der Waals surface area contributed by atoms with Crippen LogP contribution in [0.4, 0.5) is 0 Å².